The second kappa shape index (κ2) is 13.6. The Hall–Kier alpha value is -4.51. The molecule has 0 spiro atoms. The number of hydrogen-bond donors (Lipinski definition) is 4. The number of benzene rings is 2. The molecule has 236 valence electrons. The number of aliphatic hydroxyl groups is 1. The Labute approximate surface area is 265 Å². The zero-order chi connectivity index (χ0) is 32.2. The van der Waals surface area contributed by atoms with Crippen molar-refractivity contribution in [1.82, 2.24) is 24.8 Å². The molecule has 2 aromatic carbocycles. The number of anilines is 2. The average molecular weight is 610 g/mol. The highest BCUT2D eigenvalue weighted by atomic mass is 16.5. The Bertz CT molecular complexity index is 1730. The summed E-state index contributed by atoms with van der Waals surface area (Å²) in [5.41, 5.74) is 10.0. The molecule has 1 aliphatic heterocycles. The number of nitrogens with one attached hydrogen (secondary N) is 3. The van der Waals surface area contributed by atoms with Gasteiger partial charge < -0.3 is 35.3 Å². The molecule has 5 rings (SSSR count). The number of ether oxygens (including phenoxy) is 1. The molecule has 45 heavy (non-hydrogen) atoms. The van der Waals surface area contributed by atoms with Crippen molar-refractivity contribution >= 4 is 23.0 Å². The number of carbonyl (C=O) groups is 1. The maximum Gasteiger partial charge on any atom is 0.291 e. The van der Waals surface area contributed by atoms with Gasteiger partial charge in [0.15, 0.2) is 5.82 Å². The van der Waals surface area contributed by atoms with Gasteiger partial charge in [0, 0.05) is 61.8 Å². The van der Waals surface area contributed by atoms with E-state index in [4.69, 9.17) is 4.74 Å². The Morgan fingerprint density at radius 3 is 2.33 bits per heavy atom. The maximum absolute atomic E-state index is 13.4. The van der Waals surface area contributed by atoms with Crippen molar-refractivity contribution < 1.29 is 14.6 Å². The lowest BCUT2D eigenvalue weighted by atomic mass is 9.94. The zero-order valence-electron chi connectivity index (χ0n) is 27.0. The van der Waals surface area contributed by atoms with E-state index in [1.54, 1.807) is 7.11 Å². The Morgan fingerprint density at radius 2 is 1.69 bits per heavy atom. The average Bonchev–Trinajstić information content (AvgIpc) is 3.36. The first kappa shape index (κ1) is 31.9. The first-order valence-electron chi connectivity index (χ1n) is 15.2. The third-order valence-electron chi connectivity index (χ3n) is 8.50. The van der Waals surface area contributed by atoms with Crippen molar-refractivity contribution in [1.29, 1.82) is 0 Å². The van der Waals surface area contributed by atoms with Crippen molar-refractivity contribution in [2.24, 2.45) is 7.05 Å². The van der Waals surface area contributed by atoms with Crippen LogP contribution in [0, 0.1) is 13.8 Å². The summed E-state index contributed by atoms with van der Waals surface area (Å²) in [7, 11) is 5.58. The van der Waals surface area contributed by atoms with Crippen LogP contribution in [0.5, 0.6) is 5.88 Å². The molecule has 1 amide bonds. The van der Waals surface area contributed by atoms with Gasteiger partial charge in [-0.15, -0.1) is 0 Å². The molecule has 2 aromatic heterocycles. The van der Waals surface area contributed by atoms with E-state index in [0.717, 1.165) is 70.1 Å². The van der Waals surface area contributed by atoms with Gasteiger partial charge in [-0.05, 0) is 68.3 Å². The minimum atomic E-state index is -0.217. The van der Waals surface area contributed by atoms with Crippen LogP contribution >= 0.6 is 0 Å². The molecule has 0 bridgehead atoms. The molecule has 0 aliphatic carbocycles. The van der Waals surface area contributed by atoms with E-state index in [2.05, 4.69) is 63.5 Å². The lowest BCUT2D eigenvalue weighted by molar-refractivity contribution is 0.101. The fraction of sp³-hybridized carbons (Fsp3) is 0.343. The van der Waals surface area contributed by atoms with Gasteiger partial charge in [0.05, 0.1) is 30.8 Å². The molecule has 1 atom stereocenters. The predicted molar refractivity (Wildman–Crippen MR) is 179 cm³/mol. The van der Waals surface area contributed by atoms with E-state index in [1.165, 1.54) is 0 Å². The van der Waals surface area contributed by atoms with Gasteiger partial charge in [-0.1, -0.05) is 36.9 Å². The normalized spacial score (nSPS) is 13.7. The highest BCUT2D eigenvalue weighted by Crippen LogP contribution is 2.35. The van der Waals surface area contributed by atoms with Crippen LogP contribution < -0.4 is 20.7 Å². The van der Waals surface area contributed by atoms with Crippen LogP contribution in [0.15, 0.2) is 55.1 Å². The first-order valence-corrected chi connectivity index (χ1v) is 15.2. The summed E-state index contributed by atoms with van der Waals surface area (Å²) in [5, 5.41) is 19.1. The SMILES string of the molecule is C=C(Nc1cccc(-c2cccc(NC(=O)c3nc4c(n3C)CCN(C)C4)c2C)c1C)c1ccc(CNC(C)CO)c(OC)n1. The van der Waals surface area contributed by atoms with E-state index in [9.17, 15) is 9.90 Å². The quantitative estimate of drug-likeness (QED) is 0.190. The van der Waals surface area contributed by atoms with Gasteiger partial charge in [-0.3, -0.25) is 4.79 Å². The minimum absolute atomic E-state index is 0.0321. The van der Waals surface area contributed by atoms with Crippen LogP contribution in [0.2, 0.25) is 0 Å². The van der Waals surface area contributed by atoms with Crippen LogP contribution in [0.3, 0.4) is 0 Å². The van der Waals surface area contributed by atoms with Crippen LogP contribution in [-0.4, -0.2) is 63.8 Å². The summed E-state index contributed by atoms with van der Waals surface area (Å²) in [6.07, 6.45) is 0.879. The Kier molecular flexibility index (Phi) is 9.67. The molecular weight excluding hydrogens is 566 g/mol. The van der Waals surface area contributed by atoms with Gasteiger partial charge in [0.25, 0.3) is 5.91 Å². The number of rotatable bonds is 11. The second-order valence-corrected chi connectivity index (χ2v) is 11.7. The lowest BCUT2D eigenvalue weighted by Gasteiger charge is -2.21. The smallest absolute Gasteiger partial charge is 0.291 e. The van der Waals surface area contributed by atoms with E-state index in [0.29, 0.717) is 29.6 Å². The standard InChI is InChI=1S/C35H43N7O3/c1-21(20-43)36-18-25-14-15-30(40-35(25)45-7)24(4)37-28-12-8-10-26(22(28)2)27-11-9-13-29(23(27)3)39-34(44)33-38-31-19-41(5)17-16-32(31)42(33)6/h8-15,21,36-37,43H,4,16-20H2,1-3,5-7H3,(H,39,44). The van der Waals surface area contributed by atoms with Crippen LogP contribution in [0.25, 0.3) is 16.8 Å². The molecule has 1 unspecified atom stereocenters. The van der Waals surface area contributed by atoms with Crippen LogP contribution in [0.4, 0.5) is 11.4 Å². The van der Waals surface area contributed by atoms with Crippen molar-refractivity contribution in [2.75, 3.05) is 37.9 Å². The molecule has 10 nitrogen and oxygen atoms in total. The van der Waals surface area contributed by atoms with Gasteiger partial charge in [-0.25, -0.2) is 9.97 Å². The molecule has 1 aliphatic rings. The van der Waals surface area contributed by atoms with E-state index < -0.39 is 0 Å². The van der Waals surface area contributed by atoms with Gasteiger partial charge in [0.1, 0.15) is 0 Å². The number of carbonyl (C=O) groups excluding carboxylic acids is 1. The van der Waals surface area contributed by atoms with E-state index in [-0.39, 0.29) is 18.6 Å². The fourth-order valence-corrected chi connectivity index (χ4v) is 5.69. The molecule has 3 heterocycles. The molecule has 4 N–H and O–H groups in total. The lowest BCUT2D eigenvalue weighted by Crippen LogP contribution is -2.28. The number of pyridine rings is 1. The number of aliphatic hydroxyl groups excluding tert-OH is 1. The summed E-state index contributed by atoms with van der Waals surface area (Å²) in [6.45, 7) is 12.5. The summed E-state index contributed by atoms with van der Waals surface area (Å²) in [6, 6.07) is 15.9. The van der Waals surface area contributed by atoms with Crippen LogP contribution in [0.1, 0.15) is 51.3 Å². The van der Waals surface area contributed by atoms with Crippen molar-refractivity contribution in [3.05, 3.63) is 94.7 Å². The summed E-state index contributed by atoms with van der Waals surface area (Å²) in [5.74, 6) is 0.715. The van der Waals surface area contributed by atoms with Crippen LogP contribution in [-0.2, 0) is 26.6 Å². The number of nitrogens with zero attached hydrogens (tertiary/aromatic N) is 4. The minimum Gasteiger partial charge on any atom is -0.481 e. The predicted octanol–water partition coefficient (Wildman–Crippen LogP) is 4.90. The molecule has 0 saturated heterocycles. The van der Waals surface area contributed by atoms with Crippen molar-refractivity contribution in [3.8, 4) is 17.0 Å². The number of imidazole rings is 1. The second-order valence-electron chi connectivity index (χ2n) is 11.7. The number of likely N-dealkylation sites (N-methyl/N-ethyl adjacent to an activating group) is 1. The maximum atomic E-state index is 13.4. The topological polar surface area (TPSA) is 117 Å². The third-order valence-corrected chi connectivity index (χ3v) is 8.50. The Balaban J connectivity index is 1.35. The zero-order valence-corrected chi connectivity index (χ0v) is 27.0. The monoisotopic (exact) mass is 609 g/mol. The molecule has 0 saturated carbocycles. The molecular formula is C35H43N7O3. The van der Waals surface area contributed by atoms with Crippen molar-refractivity contribution in [2.45, 2.75) is 46.3 Å². The van der Waals surface area contributed by atoms with E-state index >= 15 is 0 Å². The van der Waals surface area contributed by atoms with Crippen molar-refractivity contribution in [3.63, 3.8) is 0 Å². The number of hydrogen-bond acceptors (Lipinski definition) is 8. The third kappa shape index (κ3) is 6.78. The fourth-order valence-electron chi connectivity index (χ4n) is 5.69. The summed E-state index contributed by atoms with van der Waals surface area (Å²) in [4.78, 5) is 25.0. The van der Waals surface area contributed by atoms with Gasteiger partial charge in [0.2, 0.25) is 5.88 Å². The van der Waals surface area contributed by atoms with E-state index in [1.807, 2.05) is 61.9 Å². The molecule has 4 aromatic rings. The largest absolute Gasteiger partial charge is 0.481 e. The highest BCUT2D eigenvalue weighted by Gasteiger charge is 2.24. The molecule has 0 fully saturated rings. The number of fused-ring (bicyclic) bond motifs is 1. The number of amides is 1. The highest BCUT2D eigenvalue weighted by molar-refractivity contribution is 6.03. The van der Waals surface area contributed by atoms with Gasteiger partial charge in [-0.2, -0.15) is 0 Å². The first-order chi connectivity index (χ1) is 21.6. The molecule has 0 radical (unpaired) electrons. The number of methoxy groups -OCH3 is 1. The number of aromatic nitrogens is 3. The van der Waals surface area contributed by atoms with Gasteiger partial charge >= 0.3 is 0 Å². The summed E-state index contributed by atoms with van der Waals surface area (Å²) >= 11 is 0. The molecule has 10 heteroatoms. The summed E-state index contributed by atoms with van der Waals surface area (Å²) < 4.78 is 7.47. The Morgan fingerprint density at radius 1 is 1.02 bits per heavy atom.